The zero-order valence-electron chi connectivity index (χ0n) is 7.90. The highest BCUT2D eigenvalue weighted by molar-refractivity contribution is 7.93. The normalized spacial score (nSPS) is 11.3. The molecular weight excluding hydrogens is 186 g/mol. The lowest BCUT2D eigenvalue weighted by Crippen LogP contribution is -1.92. The van der Waals surface area contributed by atoms with Crippen molar-refractivity contribution in [3.05, 3.63) is 34.0 Å². The predicted molar refractivity (Wildman–Crippen MR) is 53.8 cm³/mol. The van der Waals surface area contributed by atoms with Gasteiger partial charge >= 0.3 is 0 Å². The van der Waals surface area contributed by atoms with E-state index in [-0.39, 0.29) is 0 Å². The third-order valence-corrected chi connectivity index (χ3v) is 2.37. The van der Waals surface area contributed by atoms with Crippen molar-refractivity contribution >= 4 is 15.7 Å². The molecule has 0 bridgehead atoms. The molecule has 0 spiro atoms. The van der Waals surface area contributed by atoms with Crippen LogP contribution in [-0.2, 0) is 10.0 Å². The molecule has 0 heterocycles. The van der Waals surface area contributed by atoms with E-state index in [2.05, 4.69) is 4.72 Å². The molecule has 0 aliphatic rings. The van der Waals surface area contributed by atoms with E-state index >= 15 is 0 Å². The number of hydrogen-bond acceptors (Lipinski definition) is 2. The molecule has 0 aromatic heterocycles. The number of nitrogens with zero attached hydrogens (tertiary/aromatic N) is 1. The quantitative estimate of drug-likeness (QED) is 0.731. The van der Waals surface area contributed by atoms with Gasteiger partial charge in [0.2, 0.25) is 0 Å². The van der Waals surface area contributed by atoms with Gasteiger partial charge in [-0.3, -0.25) is 0 Å². The van der Waals surface area contributed by atoms with Crippen molar-refractivity contribution in [3.8, 4) is 0 Å². The summed E-state index contributed by atoms with van der Waals surface area (Å²) in [6.45, 7) is 3.79. The molecular formula is C9H12NO2S-. The van der Waals surface area contributed by atoms with Gasteiger partial charge in [0.1, 0.15) is 0 Å². The van der Waals surface area contributed by atoms with E-state index in [9.17, 15) is 8.42 Å². The number of hydrogen-bond donors (Lipinski definition) is 0. The molecule has 0 fully saturated rings. The minimum Gasteiger partial charge on any atom is -0.577 e. The molecule has 0 radical (unpaired) electrons. The molecule has 0 amide bonds. The lowest BCUT2D eigenvalue weighted by atomic mass is 10.1. The van der Waals surface area contributed by atoms with Gasteiger partial charge in [-0.1, -0.05) is 23.8 Å². The van der Waals surface area contributed by atoms with E-state index in [0.29, 0.717) is 5.69 Å². The molecule has 1 rings (SSSR count). The average molecular weight is 198 g/mol. The largest absolute Gasteiger partial charge is 0.577 e. The molecule has 0 saturated carbocycles. The van der Waals surface area contributed by atoms with Crippen LogP contribution in [0.2, 0.25) is 0 Å². The zero-order valence-corrected chi connectivity index (χ0v) is 8.72. The Morgan fingerprint density at radius 1 is 1.23 bits per heavy atom. The molecule has 0 aliphatic carbocycles. The second-order valence-corrected chi connectivity index (χ2v) is 4.69. The molecule has 1 aromatic rings. The highest BCUT2D eigenvalue weighted by atomic mass is 32.2. The van der Waals surface area contributed by atoms with Crippen LogP contribution in [0, 0.1) is 13.8 Å². The fourth-order valence-electron chi connectivity index (χ4n) is 1.01. The summed E-state index contributed by atoms with van der Waals surface area (Å²) in [5.41, 5.74) is 2.49. The summed E-state index contributed by atoms with van der Waals surface area (Å²) in [7, 11) is -3.29. The Bertz CT molecular complexity index is 410. The Morgan fingerprint density at radius 3 is 2.38 bits per heavy atom. The molecule has 0 aliphatic heterocycles. The minimum atomic E-state index is -3.29. The molecule has 0 saturated heterocycles. The zero-order chi connectivity index (χ0) is 10.1. The van der Waals surface area contributed by atoms with Gasteiger partial charge in [-0.2, -0.15) is 0 Å². The van der Waals surface area contributed by atoms with Crippen LogP contribution in [0.4, 0.5) is 5.69 Å². The highest BCUT2D eigenvalue weighted by Crippen LogP contribution is 2.27. The first-order valence-corrected chi connectivity index (χ1v) is 5.74. The Hall–Kier alpha value is -1.03. The molecule has 3 nitrogen and oxygen atoms in total. The van der Waals surface area contributed by atoms with Crippen molar-refractivity contribution in [1.82, 2.24) is 0 Å². The second-order valence-electron chi connectivity index (χ2n) is 3.04. The third kappa shape index (κ3) is 2.73. The third-order valence-electron chi connectivity index (χ3n) is 1.84. The lowest BCUT2D eigenvalue weighted by molar-refractivity contribution is 0.609. The molecule has 0 unspecified atom stereocenters. The summed E-state index contributed by atoms with van der Waals surface area (Å²) < 4.78 is 25.4. The fraction of sp³-hybridized carbons (Fsp3) is 0.333. The van der Waals surface area contributed by atoms with E-state index in [1.54, 1.807) is 12.1 Å². The Kier molecular flexibility index (Phi) is 2.61. The van der Waals surface area contributed by atoms with E-state index < -0.39 is 10.0 Å². The Balaban J connectivity index is 3.10. The van der Waals surface area contributed by atoms with Crippen molar-refractivity contribution in [2.75, 3.05) is 6.26 Å². The van der Waals surface area contributed by atoms with Crippen LogP contribution >= 0.6 is 0 Å². The van der Waals surface area contributed by atoms with Crippen LogP contribution in [0.5, 0.6) is 0 Å². The van der Waals surface area contributed by atoms with Crippen LogP contribution in [0.3, 0.4) is 0 Å². The molecule has 0 atom stereocenters. The van der Waals surface area contributed by atoms with Crippen LogP contribution in [-0.4, -0.2) is 14.7 Å². The summed E-state index contributed by atoms with van der Waals surface area (Å²) in [6, 6.07) is 5.42. The number of rotatable bonds is 2. The van der Waals surface area contributed by atoms with Gasteiger partial charge in [-0.25, -0.2) is 8.42 Å². The first-order valence-electron chi connectivity index (χ1n) is 3.89. The van der Waals surface area contributed by atoms with Gasteiger partial charge in [0.05, 0.1) is 10.0 Å². The van der Waals surface area contributed by atoms with Crippen molar-refractivity contribution < 1.29 is 8.42 Å². The SMILES string of the molecule is Cc1cccc([N-]S(C)(=O)=O)c1C. The maximum atomic E-state index is 10.9. The summed E-state index contributed by atoms with van der Waals surface area (Å²) in [6.07, 6.45) is 1.09. The minimum absolute atomic E-state index is 0.530. The highest BCUT2D eigenvalue weighted by Gasteiger charge is 1.94. The Labute approximate surface area is 78.8 Å². The maximum Gasteiger partial charge on any atom is 0.0908 e. The molecule has 0 N–H and O–H groups in total. The van der Waals surface area contributed by atoms with E-state index in [0.717, 1.165) is 17.4 Å². The Morgan fingerprint density at radius 2 is 1.85 bits per heavy atom. The molecule has 4 heteroatoms. The smallest absolute Gasteiger partial charge is 0.0908 e. The van der Waals surface area contributed by atoms with Crippen LogP contribution in [0.15, 0.2) is 18.2 Å². The lowest BCUT2D eigenvalue weighted by Gasteiger charge is -2.22. The van der Waals surface area contributed by atoms with Gasteiger partial charge in [0.15, 0.2) is 0 Å². The summed E-state index contributed by atoms with van der Waals surface area (Å²) in [5, 5.41) is 0. The average Bonchev–Trinajstić information content (AvgIpc) is 1.96. The summed E-state index contributed by atoms with van der Waals surface area (Å²) in [4.78, 5) is 0. The topological polar surface area (TPSA) is 48.2 Å². The van der Waals surface area contributed by atoms with Gasteiger partial charge in [0, 0.05) is 6.26 Å². The van der Waals surface area contributed by atoms with Crippen LogP contribution < -0.4 is 0 Å². The van der Waals surface area contributed by atoms with E-state index in [1.165, 1.54) is 0 Å². The predicted octanol–water partition coefficient (Wildman–Crippen LogP) is 2.27. The van der Waals surface area contributed by atoms with Crippen LogP contribution in [0.1, 0.15) is 11.1 Å². The molecule has 13 heavy (non-hydrogen) atoms. The molecule has 1 aromatic carbocycles. The van der Waals surface area contributed by atoms with Gasteiger partial charge < -0.3 is 4.72 Å². The summed E-state index contributed by atoms with van der Waals surface area (Å²) in [5.74, 6) is 0. The number of sulfonamides is 1. The van der Waals surface area contributed by atoms with Crippen molar-refractivity contribution in [2.24, 2.45) is 0 Å². The number of benzene rings is 1. The van der Waals surface area contributed by atoms with Crippen molar-refractivity contribution in [3.63, 3.8) is 0 Å². The van der Waals surface area contributed by atoms with E-state index in [1.807, 2.05) is 19.9 Å². The first kappa shape index (κ1) is 10.1. The van der Waals surface area contributed by atoms with Gasteiger partial charge in [0.25, 0.3) is 0 Å². The number of aryl methyl sites for hydroxylation is 1. The first-order chi connectivity index (χ1) is 5.90. The van der Waals surface area contributed by atoms with Crippen LogP contribution in [0.25, 0.3) is 4.72 Å². The summed E-state index contributed by atoms with van der Waals surface area (Å²) >= 11 is 0. The standard InChI is InChI=1S/C9H12NO2S/c1-7-5-4-6-9(8(7)2)10-13(3,11)12/h4-6H,1-3H3/q-1. The van der Waals surface area contributed by atoms with Gasteiger partial charge in [-0.15, -0.1) is 5.69 Å². The van der Waals surface area contributed by atoms with E-state index in [4.69, 9.17) is 0 Å². The maximum absolute atomic E-state index is 10.9. The second kappa shape index (κ2) is 3.38. The fourth-order valence-corrected chi connectivity index (χ4v) is 1.57. The monoisotopic (exact) mass is 198 g/mol. The molecule has 72 valence electrons. The van der Waals surface area contributed by atoms with Crippen molar-refractivity contribution in [2.45, 2.75) is 13.8 Å². The van der Waals surface area contributed by atoms with Crippen molar-refractivity contribution in [1.29, 1.82) is 0 Å². The van der Waals surface area contributed by atoms with Gasteiger partial charge in [-0.05, 0) is 19.4 Å².